The number of nitro benzene ring substituents is 1. The van der Waals surface area contributed by atoms with Crippen molar-refractivity contribution in [3.05, 3.63) is 39.9 Å². The lowest BCUT2D eigenvalue weighted by Crippen LogP contribution is -2.43. The molecule has 1 aromatic rings. The van der Waals surface area contributed by atoms with Crippen LogP contribution in [0, 0.1) is 10.1 Å². The molecule has 1 atom stereocenters. The van der Waals surface area contributed by atoms with Crippen molar-refractivity contribution in [3.63, 3.8) is 0 Å². The number of carbonyl (C=O) groups is 1. The molecule has 1 N–H and O–H groups in total. The number of rotatable bonds is 3. The number of nitrogens with zero attached hydrogens (tertiary/aromatic N) is 3. The molecule has 0 saturated carbocycles. The van der Waals surface area contributed by atoms with Crippen LogP contribution in [0.4, 0.5) is 5.69 Å². The predicted molar refractivity (Wildman–Crippen MR) is 72.0 cm³/mol. The van der Waals surface area contributed by atoms with Gasteiger partial charge < -0.3 is 5.11 Å². The van der Waals surface area contributed by atoms with Gasteiger partial charge in [0.15, 0.2) is 5.72 Å². The molecule has 0 radical (unpaired) electrons. The van der Waals surface area contributed by atoms with Gasteiger partial charge in [-0.3, -0.25) is 14.9 Å². The van der Waals surface area contributed by atoms with Gasteiger partial charge in [-0.25, -0.2) is 5.01 Å². The molecule has 0 unspecified atom stereocenters. The summed E-state index contributed by atoms with van der Waals surface area (Å²) in [5.74, 6) is -0.347. The highest BCUT2D eigenvalue weighted by molar-refractivity contribution is 5.89. The normalized spacial score (nSPS) is 21.8. The average Bonchev–Trinajstić information content (AvgIpc) is 2.63. The van der Waals surface area contributed by atoms with Crippen LogP contribution in [-0.2, 0) is 11.2 Å². The lowest BCUT2D eigenvalue weighted by molar-refractivity contribution is -0.384. The van der Waals surface area contributed by atoms with E-state index in [4.69, 9.17) is 0 Å². The maximum atomic E-state index is 12.1. The summed E-state index contributed by atoms with van der Waals surface area (Å²) >= 11 is 0. The standard InChI is InChI=1S/C13H15N3O4/c1-9-8-13(2,18)15(14-9)12(17)7-10-3-5-11(6-4-10)16(19)20/h3-6,18H,7-8H2,1-2H3/t13-/m1/s1. The molecule has 106 valence electrons. The maximum absolute atomic E-state index is 12.1. The van der Waals surface area contributed by atoms with Crippen molar-refractivity contribution in [2.24, 2.45) is 5.10 Å². The van der Waals surface area contributed by atoms with Crippen LogP contribution < -0.4 is 0 Å². The first-order valence-electron chi connectivity index (χ1n) is 6.12. The van der Waals surface area contributed by atoms with E-state index in [1.165, 1.54) is 31.2 Å². The van der Waals surface area contributed by atoms with Crippen molar-refractivity contribution in [1.29, 1.82) is 0 Å². The third-order valence-electron chi connectivity index (χ3n) is 3.06. The SMILES string of the molecule is CC1=NN(C(=O)Cc2ccc([N+](=O)[O-])cc2)[C@](C)(O)C1. The van der Waals surface area contributed by atoms with Crippen LogP contribution in [0.2, 0.25) is 0 Å². The van der Waals surface area contributed by atoms with Gasteiger partial charge in [-0.05, 0) is 19.4 Å². The number of hydrogen-bond donors (Lipinski definition) is 1. The third-order valence-corrected chi connectivity index (χ3v) is 3.06. The molecular formula is C13H15N3O4. The number of hydrogen-bond acceptors (Lipinski definition) is 5. The molecule has 0 bridgehead atoms. The van der Waals surface area contributed by atoms with Gasteiger partial charge in [-0.15, -0.1) is 0 Å². The van der Waals surface area contributed by atoms with Crippen molar-refractivity contribution in [3.8, 4) is 0 Å². The number of non-ortho nitro benzene ring substituents is 1. The Labute approximate surface area is 115 Å². The van der Waals surface area contributed by atoms with Crippen molar-refractivity contribution in [1.82, 2.24) is 5.01 Å². The van der Waals surface area contributed by atoms with Crippen molar-refractivity contribution in [2.45, 2.75) is 32.4 Å². The number of amides is 1. The van der Waals surface area contributed by atoms with Crippen LogP contribution in [0.3, 0.4) is 0 Å². The summed E-state index contributed by atoms with van der Waals surface area (Å²) in [4.78, 5) is 22.2. The summed E-state index contributed by atoms with van der Waals surface area (Å²) in [5.41, 5.74) is -0.00600. The Kier molecular flexibility index (Phi) is 3.54. The highest BCUT2D eigenvalue weighted by atomic mass is 16.6. The lowest BCUT2D eigenvalue weighted by Gasteiger charge is -2.27. The van der Waals surface area contributed by atoms with Crippen LogP contribution in [0.5, 0.6) is 0 Å². The molecule has 0 aliphatic carbocycles. The van der Waals surface area contributed by atoms with Crippen LogP contribution in [0.15, 0.2) is 29.4 Å². The molecule has 0 spiro atoms. The minimum Gasteiger partial charge on any atom is -0.369 e. The van der Waals surface area contributed by atoms with Crippen LogP contribution in [0.25, 0.3) is 0 Å². The van der Waals surface area contributed by atoms with E-state index in [9.17, 15) is 20.0 Å². The second-order valence-corrected chi connectivity index (χ2v) is 5.03. The van der Waals surface area contributed by atoms with Gasteiger partial charge in [0.1, 0.15) is 0 Å². The smallest absolute Gasteiger partial charge is 0.269 e. The Morgan fingerprint density at radius 1 is 1.50 bits per heavy atom. The zero-order chi connectivity index (χ0) is 14.9. The predicted octanol–water partition coefficient (Wildman–Crippen LogP) is 1.45. The van der Waals surface area contributed by atoms with Gasteiger partial charge >= 0.3 is 0 Å². The monoisotopic (exact) mass is 277 g/mol. The molecule has 7 heteroatoms. The van der Waals surface area contributed by atoms with Gasteiger partial charge in [-0.1, -0.05) is 12.1 Å². The molecule has 1 amide bonds. The largest absolute Gasteiger partial charge is 0.369 e. The molecule has 20 heavy (non-hydrogen) atoms. The van der Waals surface area contributed by atoms with Gasteiger partial charge in [0.05, 0.1) is 11.3 Å². The second-order valence-electron chi connectivity index (χ2n) is 5.03. The third kappa shape index (κ3) is 2.83. The summed E-state index contributed by atoms with van der Waals surface area (Å²) < 4.78 is 0. The van der Waals surface area contributed by atoms with Gasteiger partial charge in [-0.2, -0.15) is 5.10 Å². The number of hydrazone groups is 1. The number of carbonyl (C=O) groups excluding carboxylic acids is 1. The van der Waals surface area contributed by atoms with Crippen LogP contribution in [0.1, 0.15) is 25.8 Å². The second kappa shape index (κ2) is 5.01. The molecule has 1 heterocycles. The molecule has 0 saturated heterocycles. The van der Waals surface area contributed by atoms with Crippen molar-refractivity contribution < 1.29 is 14.8 Å². The molecule has 1 aliphatic heterocycles. The van der Waals surface area contributed by atoms with E-state index in [0.29, 0.717) is 17.7 Å². The topological polar surface area (TPSA) is 96.0 Å². The first-order valence-corrected chi connectivity index (χ1v) is 6.12. The Balaban J connectivity index is 2.10. The Hall–Kier alpha value is -2.28. The van der Waals surface area contributed by atoms with E-state index in [2.05, 4.69) is 5.10 Å². The molecule has 7 nitrogen and oxygen atoms in total. The summed E-state index contributed by atoms with van der Waals surface area (Å²) in [6.07, 6.45) is 0.351. The van der Waals surface area contributed by atoms with Crippen LogP contribution in [-0.4, -0.2) is 32.4 Å². The fourth-order valence-corrected chi connectivity index (χ4v) is 2.18. The van der Waals surface area contributed by atoms with Crippen molar-refractivity contribution >= 4 is 17.3 Å². The molecule has 0 fully saturated rings. The first kappa shape index (κ1) is 14.1. The lowest BCUT2D eigenvalue weighted by atomic mass is 10.1. The first-order chi connectivity index (χ1) is 9.29. The minimum atomic E-state index is -1.30. The summed E-state index contributed by atoms with van der Waals surface area (Å²) in [5, 5.41) is 25.7. The average molecular weight is 277 g/mol. The zero-order valence-electron chi connectivity index (χ0n) is 11.2. The van der Waals surface area contributed by atoms with E-state index in [1.54, 1.807) is 6.92 Å². The number of nitro groups is 1. The summed E-state index contributed by atoms with van der Waals surface area (Å²) in [6, 6.07) is 5.74. The Bertz CT molecular complexity index is 578. The quantitative estimate of drug-likeness (QED) is 0.668. The van der Waals surface area contributed by atoms with E-state index in [0.717, 1.165) is 5.01 Å². The maximum Gasteiger partial charge on any atom is 0.269 e. The number of aliphatic hydroxyl groups is 1. The Morgan fingerprint density at radius 3 is 2.55 bits per heavy atom. The minimum absolute atomic E-state index is 0.0248. The summed E-state index contributed by atoms with van der Waals surface area (Å²) in [6.45, 7) is 3.27. The molecule has 1 aliphatic rings. The zero-order valence-corrected chi connectivity index (χ0v) is 11.2. The molecule has 1 aromatic carbocycles. The Morgan fingerprint density at radius 2 is 2.10 bits per heavy atom. The van der Waals surface area contributed by atoms with Crippen LogP contribution >= 0.6 is 0 Å². The van der Waals surface area contributed by atoms with E-state index in [-0.39, 0.29) is 18.0 Å². The van der Waals surface area contributed by atoms with Crippen molar-refractivity contribution in [2.75, 3.05) is 0 Å². The number of benzene rings is 1. The van der Waals surface area contributed by atoms with Gasteiger partial charge in [0.25, 0.3) is 5.69 Å². The van der Waals surface area contributed by atoms with Gasteiger partial charge in [0.2, 0.25) is 5.91 Å². The fraction of sp³-hybridized carbons (Fsp3) is 0.385. The molecular weight excluding hydrogens is 262 g/mol. The molecule has 2 rings (SSSR count). The highest BCUT2D eigenvalue weighted by Crippen LogP contribution is 2.25. The fourth-order valence-electron chi connectivity index (χ4n) is 2.18. The van der Waals surface area contributed by atoms with E-state index in [1.807, 2.05) is 0 Å². The van der Waals surface area contributed by atoms with Gasteiger partial charge in [0, 0.05) is 24.3 Å². The molecule has 0 aromatic heterocycles. The van der Waals surface area contributed by atoms with E-state index < -0.39 is 10.6 Å². The highest BCUT2D eigenvalue weighted by Gasteiger charge is 2.38. The summed E-state index contributed by atoms with van der Waals surface area (Å²) in [7, 11) is 0. The van der Waals surface area contributed by atoms with E-state index >= 15 is 0 Å².